The largest absolute Gasteiger partial charge is 0.495 e. The number of nitrogens with one attached hydrogen (secondary N) is 2. The fourth-order valence-corrected chi connectivity index (χ4v) is 5.99. The van der Waals surface area contributed by atoms with E-state index in [1.807, 2.05) is 0 Å². The number of hydrogen-bond donors (Lipinski definition) is 2. The SMILES string of the molecule is COc1ccccc1S(=O)(=O)NC1COC2(CCCN(c3ncnc4nc[nH]c34)C2)C1. The minimum absolute atomic E-state index is 0.131. The van der Waals surface area contributed by atoms with Crippen LogP contribution in [0.15, 0.2) is 41.8 Å². The number of ether oxygens (including phenoxy) is 2. The fraction of sp³-hybridized carbons (Fsp3) is 0.450. The number of methoxy groups -OCH3 is 1. The molecule has 1 aromatic carbocycles. The summed E-state index contributed by atoms with van der Waals surface area (Å²) in [6.45, 7) is 1.80. The monoisotopic (exact) mass is 444 g/mol. The lowest BCUT2D eigenvalue weighted by Gasteiger charge is -2.40. The van der Waals surface area contributed by atoms with E-state index in [2.05, 4.69) is 29.6 Å². The first-order valence-electron chi connectivity index (χ1n) is 10.2. The van der Waals surface area contributed by atoms with Crippen LogP contribution in [-0.2, 0) is 14.8 Å². The Bertz CT molecular complexity index is 1200. The van der Waals surface area contributed by atoms with Crippen LogP contribution >= 0.6 is 0 Å². The second-order valence-electron chi connectivity index (χ2n) is 7.99. The maximum Gasteiger partial charge on any atom is 0.244 e. The van der Waals surface area contributed by atoms with E-state index in [1.165, 1.54) is 13.4 Å². The van der Waals surface area contributed by atoms with Crippen LogP contribution in [0.4, 0.5) is 5.82 Å². The number of imidazole rings is 1. The van der Waals surface area contributed by atoms with Gasteiger partial charge in [0.25, 0.3) is 0 Å². The van der Waals surface area contributed by atoms with Crippen LogP contribution in [-0.4, -0.2) is 66.8 Å². The van der Waals surface area contributed by atoms with Gasteiger partial charge in [0.05, 0.1) is 25.6 Å². The summed E-state index contributed by atoms with van der Waals surface area (Å²) >= 11 is 0. The van der Waals surface area contributed by atoms with Gasteiger partial charge >= 0.3 is 0 Å². The molecule has 4 heterocycles. The Hall–Kier alpha value is -2.76. The first kappa shape index (κ1) is 20.2. The van der Waals surface area contributed by atoms with Gasteiger partial charge in [0.2, 0.25) is 10.0 Å². The Morgan fingerprint density at radius 3 is 3.03 bits per heavy atom. The predicted octanol–water partition coefficient (Wildman–Crippen LogP) is 1.47. The molecule has 1 spiro atoms. The van der Waals surface area contributed by atoms with Crippen LogP contribution in [0.25, 0.3) is 11.2 Å². The second kappa shape index (κ2) is 7.74. The third kappa shape index (κ3) is 3.73. The van der Waals surface area contributed by atoms with E-state index in [-0.39, 0.29) is 10.9 Å². The van der Waals surface area contributed by atoms with E-state index in [9.17, 15) is 8.42 Å². The van der Waals surface area contributed by atoms with E-state index in [4.69, 9.17) is 9.47 Å². The van der Waals surface area contributed by atoms with Gasteiger partial charge in [-0.15, -0.1) is 0 Å². The van der Waals surface area contributed by atoms with Crippen molar-refractivity contribution < 1.29 is 17.9 Å². The average molecular weight is 445 g/mol. The van der Waals surface area contributed by atoms with Crippen molar-refractivity contribution in [2.75, 3.05) is 31.7 Å². The van der Waals surface area contributed by atoms with Crippen LogP contribution < -0.4 is 14.4 Å². The number of piperidine rings is 1. The van der Waals surface area contributed by atoms with Crippen molar-refractivity contribution in [1.82, 2.24) is 24.7 Å². The number of nitrogens with zero attached hydrogens (tertiary/aromatic N) is 4. The van der Waals surface area contributed by atoms with Gasteiger partial charge < -0.3 is 19.4 Å². The van der Waals surface area contributed by atoms with Crippen LogP contribution in [0.2, 0.25) is 0 Å². The summed E-state index contributed by atoms with van der Waals surface area (Å²) in [5.41, 5.74) is 0.995. The van der Waals surface area contributed by atoms with Crippen LogP contribution in [0.3, 0.4) is 0 Å². The molecule has 2 unspecified atom stereocenters. The number of benzene rings is 1. The van der Waals surface area contributed by atoms with E-state index in [0.29, 0.717) is 31.0 Å². The number of rotatable bonds is 5. The van der Waals surface area contributed by atoms with Gasteiger partial charge in [-0.3, -0.25) is 0 Å². The van der Waals surface area contributed by atoms with Gasteiger partial charge in [-0.05, 0) is 31.4 Å². The molecule has 10 nitrogen and oxygen atoms in total. The number of sulfonamides is 1. The van der Waals surface area contributed by atoms with Crippen molar-refractivity contribution in [3.63, 3.8) is 0 Å². The highest BCUT2D eigenvalue weighted by Crippen LogP contribution is 2.37. The normalized spacial score (nSPS) is 24.2. The van der Waals surface area contributed by atoms with Crippen molar-refractivity contribution >= 4 is 27.0 Å². The quantitative estimate of drug-likeness (QED) is 0.607. The zero-order valence-electron chi connectivity index (χ0n) is 17.1. The second-order valence-corrected chi connectivity index (χ2v) is 9.67. The Morgan fingerprint density at radius 2 is 2.16 bits per heavy atom. The molecular formula is C20H24N6O4S. The standard InChI is InChI=1S/C20H24N6O4S/c1-29-15-5-2-3-6-16(15)31(27,28)25-14-9-20(30-10-14)7-4-8-26(11-20)19-17-18(22-12-21-17)23-13-24-19/h2-3,5-6,12-14,25H,4,7-11H2,1H3,(H,21,22,23,24). The number of para-hydroxylation sites is 1. The minimum atomic E-state index is -3.73. The summed E-state index contributed by atoms with van der Waals surface area (Å²) in [6.07, 6.45) is 5.51. The van der Waals surface area contributed by atoms with E-state index in [0.717, 1.165) is 30.7 Å². The summed E-state index contributed by atoms with van der Waals surface area (Å²) in [5, 5.41) is 0. The summed E-state index contributed by atoms with van der Waals surface area (Å²) in [4.78, 5) is 18.3. The zero-order valence-corrected chi connectivity index (χ0v) is 17.9. The highest BCUT2D eigenvalue weighted by atomic mass is 32.2. The molecule has 2 fully saturated rings. The van der Waals surface area contributed by atoms with Crippen molar-refractivity contribution in [2.24, 2.45) is 0 Å². The molecule has 2 atom stereocenters. The van der Waals surface area contributed by atoms with E-state index < -0.39 is 15.6 Å². The summed E-state index contributed by atoms with van der Waals surface area (Å²) in [7, 11) is -2.27. The van der Waals surface area contributed by atoms with Gasteiger partial charge in [-0.25, -0.2) is 28.1 Å². The molecule has 0 aliphatic carbocycles. The molecule has 0 amide bonds. The zero-order chi connectivity index (χ0) is 21.5. The first-order valence-corrected chi connectivity index (χ1v) is 11.7. The molecule has 0 bridgehead atoms. The molecule has 2 N–H and O–H groups in total. The Labute approximate surface area is 180 Å². The predicted molar refractivity (Wildman–Crippen MR) is 114 cm³/mol. The number of H-pyrrole nitrogens is 1. The van der Waals surface area contributed by atoms with Gasteiger partial charge in [0.15, 0.2) is 11.5 Å². The van der Waals surface area contributed by atoms with Gasteiger partial charge in [-0.2, -0.15) is 0 Å². The molecule has 2 aliphatic rings. The lowest BCUT2D eigenvalue weighted by molar-refractivity contribution is -0.00664. The number of anilines is 1. The lowest BCUT2D eigenvalue weighted by atomic mass is 9.89. The Balaban J connectivity index is 1.33. The molecule has 2 aliphatic heterocycles. The van der Waals surface area contributed by atoms with Crippen LogP contribution in [0.1, 0.15) is 19.3 Å². The van der Waals surface area contributed by atoms with Gasteiger partial charge in [0, 0.05) is 19.1 Å². The van der Waals surface area contributed by atoms with E-state index in [1.54, 1.807) is 30.6 Å². The number of aromatic amines is 1. The molecular weight excluding hydrogens is 420 g/mol. The van der Waals surface area contributed by atoms with Crippen molar-refractivity contribution in [3.8, 4) is 5.75 Å². The molecule has 0 saturated carbocycles. The molecule has 2 saturated heterocycles. The van der Waals surface area contributed by atoms with Crippen molar-refractivity contribution in [1.29, 1.82) is 0 Å². The molecule has 2 aromatic heterocycles. The molecule has 31 heavy (non-hydrogen) atoms. The number of hydrogen-bond acceptors (Lipinski definition) is 8. The minimum Gasteiger partial charge on any atom is -0.495 e. The van der Waals surface area contributed by atoms with Crippen LogP contribution in [0, 0.1) is 0 Å². The molecule has 5 rings (SSSR count). The van der Waals surface area contributed by atoms with Crippen LogP contribution in [0.5, 0.6) is 5.75 Å². The average Bonchev–Trinajstić information content (AvgIpc) is 3.40. The lowest BCUT2D eigenvalue weighted by Crippen LogP contribution is -2.49. The Kier molecular flexibility index (Phi) is 5.03. The van der Waals surface area contributed by atoms with E-state index >= 15 is 0 Å². The number of aromatic nitrogens is 4. The third-order valence-corrected chi connectivity index (χ3v) is 7.49. The molecule has 0 radical (unpaired) electrons. The number of fused-ring (bicyclic) bond motifs is 1. The molecule has 11 heteroatoms. The summed E-state index contributed by atoms with van der Waals surface area (Å²) in [6, 6.07) is 6.29. The summed E-state index contributed by atoms with van der Waals surface area (Å²) < 4.78 is 40.1. The Morgan fingerprint density at radius 1 is 1.29 bits per heavy atom. The smallest absolute Gasteiger partial charge is 0.244 e. The highest BCUT2D eigenvalue weighted by Gasteiger charge is 2.45. The maximum absolute atomic E-state index is 13.0. The highest BCUT2D eigenvalue weighted by molar-refractivity contribution is 7.89. The van der Waals surface area contributed by atoms with Gasteiger partial charge in [0.1, 0.15) is 22.5 Å². The van der Waals surface area contributed by atoms with Crippen molar-refractivity contribution in [2.45, 2.75) is 35.8 Å². The third-order valence-electron chi connectivity index (χ3n) is 5.93. The maximum atomic E-state index is 13.0. The molecule has 164 valence electrons. The topological polar surface area (TPSA) is 122 Å². The van der Waals surface area contributed by atoms with Gasteiger partial charge in [-0.1, -0.05) is 12.1 Å². The molecule has 3 aromatic rings. The first-order chi connectivity index (χ1) is 15.0. The fourth-order valence-electron chi connectivity index (χ4n) is 4.60. The van der Waals surface area contributed by atoms with Crippen molar-refractivity contribution in [3.05, 3.63) is 36.9 Å². The summed E-state index contributed by atoms with van der Waals surface area (Å²) in [5.74, 6) is 1.11.